The summed E-state index contributed by atoms with van der Waals surface area (Å²) >= 11 is 0. The van der Waals surface area contributed by atoms with Gasteiger partial charge in [-0.2, -0.15) is 0 Å². The molecular formula is C21H29FIN3O. The fourth-order valence-electron chi connectivity index (χ4n) is 2.66. The topological polar surface area (TPSA) is 45.7 Å². The molecule has 148 valence electrons. The molecule has 1 atom stereocenters. The Kier molecular flexibility index (Phi) is 10.3. The summed E-state index contributed by atoms with van der Waals surface area (Å²) in [6, 6.07) is 13.4. The second-order valence-corrected chi connectivity index (χ2v) is 6.27. The fourth-order valence-corrected chi connectivity index (χ4v) is 2.66. The van der Waals surface area contributed by atoms with Crippen LogP contribution < -0.4 is 10.6 Å². The van der Waals surface area contributed by atoms with Crippen molar-refractivity contribution >= 4 is 29.9 Å². The molecule has 0 radical (unpaired) electrons. The van der Waals surface area contributed by atoms with E-state index in [2.05, 4.69) is 21.7 Å². The highest BCUT2D eigenvalue weighted by Gasteiger charge is 2.10. The van der Waals surface area contributed by atoms with Gasteiger partial charge < -0.3 is 15.4 Å². The molecule has 0 amide bonds. The molecule has 2 rings (SSSR count). The van der Waals surface area contributed by atoms with Gasteiger partial charge in [0.1, 0.15) is 5.82 Å². The first-order chi connectivity index (χ1) is 12.5. The van der Waals surface area contributed by atoms with Gasteiger partial charge in [-0.1, -0.05) is 36.4 Å². The third-order valence-electron chi connectivity index (χ3n) is 4.22. The van der Waals surface area contributed by atoms with Crippen LogP contribution in [0.3, 0.4) is 0 Å². The van der Waals surface area contributed by atoms with Crippen LogP contribution in [0.5, 0.6) is 0 Å². The molecule has 2 aromatic rings. The van der Waals surface area contributed by atoms with Crippen LogP contribution in [0.15, 0.2) is 47.5 Å². The molecule has 0 saturated heterocycles. The van der Waals surface area contributed by atoms with Gasteiger partial charge in [-0.15, -0.1) is 24.0 Å². The Labute approximate surface area is 178 Å². The van der Waals surface area contributed by atoms with Crippen LogP contribution in [-0.4, -0.2) is 19.6 Å². The largest absolute Gasteiger partial charge is 0.380 e. The zero-order chi connectivity index (χ0) is 18.9. The van der Waals surface area contributed by atoms with Gasteiger partial charge in [0.15, 0.2) is 5.96 Å². The van der Waals surface area contributed by atoms with E-state index in [1.54, 1.807) is 26.2 Å². The molecule has 27 heavy (non-hydrogen) atoms. The summed E-state index contributed by atoms with van der Waals surface area (Å²) in [6.07, 6.45) is 0. The van der Waals surface area contributed by atoms with Gasteiger partial charge in [-0.05, 0) is 49.1 Å². The lowest BCUT2D eigenvalue weighted by Gasteiger charge is -2.19. The van der Waals surface area contributed by atoms with Gasteiger partial charge in [-0.3, -0.25) is 0 Å². The Morgan fingerprint density at radius 2 is 1.89 bits per heavy atom. The predicted molar refractivity (Wildman–Crippen MR) is 120 cm³/mol. The van der Waals surface area contributed by atoms with E-state index in [1.165, 1.54) is 0 Å². The number of rotatable bonds is 7. The number of hydrogen-bond acceptors (Lipinski definition) is 2. The Morgan fingerprint density at radius 3 is 2.52 bits per heavy atom. The first-order valence-corrected chi connectivity index (χ1v) is 8.91. The van der Waals surface area contributed by atoms with Crippen molar-refractivity contribution in [1.82, 2.24) is 10.6 Å². The van der Waals surface area contributed by atoms with E-state index in [4.69, 9.17) is 4.74 Å². The minimum atomic E-state index is -0.188. The molecule has 0 aromatic heterocycles. The highest BCUT2D eigenvalue weighted by molar-refractivity contribution is 14.0. The van der Waals surface area contributed by atoms with E-state index in [-0.39, 0.29) is 35.8 Å². The summed E-state index contributed by atoms with van der Waals surface area (Å²) in [5.74, 6) is 0.514. The third-order valence-corrected chi connectivity index (χ3v) is 4.22. The molecule has 0 bridgehead atoms. The monoisotopic (exact) mass is 485 g/mol. The maximum Gasteiger partial charge on any atom is 0.192 e. The molecular weight excluding hydrogens is 456 g/mol. The average Bonchev–Trinajstić information content (AvgIpc) is 2.63. The summed E-state index contributed by atoms with van der Waals surface area (Å²) in [6.45, 7) is 7.64. The molecule has 0 fully saturated rings. The standard InChI is InChI=1S/C21H28FN3O.HI/c1-5-23-21(24-13-18-8-6-7-9-19(18)14-26-4)25-16(3)17-11-10-15(2)20(22)12-17;/h6-12,16H,5,13-14H2,1-4H3,(H2,23,24,25);1H. The van der Waals surface area contributed by atoms with Gasteiger partial charge >= 0.3 is 0 Å². The average molecular weight is 485 g/mol. The quantitative estimate of drug-likeness (QED) is 0.339. The van der Waals surface area contributed by atoms with Crippen LogP contribution in [0.1, 0.15) is 42.1 Å². The number of guanidine groups is 1. The zero-order valence-electron chi connectivity index (χ0n) is 16.4. The van der Waals surface area contributed by atoms with Crippen LogP contribution in [0.4, 0.5) is 4.39 Å². The minimum absolute atomic E-state index is 0. The van der Waals surface area contributed by atoms with Crippen LogP contribution in [0.25, 0.3) is 0 Å². The van der Waals surface area contributed by atoms with E-state index in [1.807, 2.05) is 38.1 Å². The smallest absolute Gasteiger partial charge is 0.192 e. The molecule has 6 heteroatoms. The first-order valence-electron chi connectivity index (χ1n) is 8.91. The minimum Gasteiger partial charge on any atom is -0.380 e. The number of aryl methyl sites for hydroxylation is 1. The Balaban J connectivity index is 0.00000364. The number of halogens is 2. The predicted octanol–water partition coefficient (Wildman–Crippen LogP) is 4.71. The van der Waals surface area contributed by atoms with Crippen molar-refractivity contribution in [3.05, 3.63) is 70.5 Å². The van der Waals surface area contributed by atoms with Crippen molar-refractivity contribution in [2.75, 3.05) is 13.7 Å². The molecule has 0 heterocycles. The Hall–Kier alpha value is -1.67. The number of methoxy groups -OCH3 is 1. The highest BCUT2D eigenvalue weighted by Crippen LogP contribution is 2.16. The van der Waals surface area contributed by atoms with Crippen molar-refractivity contribution in [1.29, 1.82) is 0 Å². The van der Waals surface area contributed by atoms with Crippen LogP contribution in [0, 0.1) is 12.7 Å². The van der Waals surface area contributed by atoms with Crippen LogP contribution in [-0.2, 0) is 17.9 Å². The third kappa shape index (κ3) is 7.10. The second kappa shape index (κ2) is 11.9. The van der Waals surface area contributed by atoms with Crippen LogP contribution in [0.2, 0.25) is 0 Å². The van der Waals surface area contributed by atoms with Crippen LogP contribution >= 0.6 is 24.0 Å². The summed E-state index contributed by atoms with van der Waals surface area (Å²) < 4.78 is 19.1. The number of aliphatic imine (C=N–C) groups is 1. The van der Waals surface area contributed by atoms with Crippen molar-refractivity contribution in [2.24, 2.45) is 4.99 Å². The lowest BCUT2D eigenvalue weighted by atomic mass is 10.1. The number of nitrogens with zero attached hydrogens (tertiary/aromatic N) is 1. The summed E-state index contributed by atoms with van der Waals surface area (Å²) in [5.41, 5.74) is 3.79. The summed E-state index contributed by atoms with van der Waals surface area (Å²) in [4.78, 5) is 4.68. The van der Waals surface area contributed by atoms with E-state index >= 15 is 0 Å². The molecule has 2 N–H and O–H groups in total. The molecule has 1 unspecified atom stereocenters. The van der Waals surface area contributed by atoms with Crippen molar-refractivity contribution < 1.29 is 9.13 Å². The van der Waals surface area contributed by atoms with E-state index in [9.17, 15) is 4.39 Å². The molecule has 0 aliphatic heterocycles. The van der Waals surface area contributed by atoms with Gasteiger partial charge in [0.25, 0.3) is 0 Å². The lowest BCUT2D eigenvalue weighted by molar-refractivity contribution is 0.184. The number of benzene rings is 2. The lowest BCUT2D eigenvalue weighted by Crippen LogP contribution is -2.38. The van der Waals surface area contributed by atoms with E-state index in [0.717, 1.165) is 23.2 Å². The van der Waals surface area contributed by atoms with Gasteiger partial charge in [-0.25, -0.2) is 9.38 Å². The summed E-state index contributed by atoms with van der Waals surface area (Å²) in [5, 5.41) is 6.59. The maximum absolute atomic E-state index is 13.8. The first kappa shape index (κ1) is 23.4. The van der Waals surface area contributed by atoms with E-state index in [0.29, 0.717) is 24.7 Å². The van der Waals surface area contributed by atoms with Crippen molar-refractivity contribution in [3.8, 4) is 0 Å². The number of nitrogens with one attached hydrogen (secondary N) is 2. The van der Waals surface area contributed by atoms with E-state index < -0.39 is 0 Å². The molecule has 4 nitrogen and oxygen atoms in total. The molecule has 0 aliphatic rings. The molecule has 2 aromatic carbocycles. The SMILES string of the molecule is CCNC(=NCc1ccccc1COC)NC(C)c1ccc(C)c(F)c1.I. The normalized spacial score (nSPS) is 12.3. The van der Waals surface area contributed by atoms with Crippen molar-refractivity contribution in [3.63, 3.8) is 0 Å². The number of hydrogen-bond donors (Lipinski definition) is 2. The number of ether oxygens (including phenoxy) is 1. The zero-order valence-corrected chi connectivity index (χ0v) is 18.7. The Bertz CT molecular complexity index is 752. The summed E-state index contributed by atoms with van der Waals surface area (Å²) in [7, 11) is 1.69. The fraction of sp³-hybridized carbons (Fsp3) is 0.381. The van der Waals surface area contributed by atoms with Crippen molar-refractivity contribution in [2.45, 2.75) is 40.0 Å². The van der Waals surface area contributed by atoms with Gasteiger partial charge in [0, 0.05) is 13.7 Å². The molecule has 0 spiro atoms. The van der Waals surface area contributed by atoms with Gasteiger partial charge in [0.2, 0.25) is 0 Å². The maximum atomic E-state index is 13.8. The van der Waals surface area contributed by atoms with Gasteiger partial charge in [0.05, 0.1) is 19.2 Å². The second-order valence-electron chi connectivity index (χ2n) is 6.27. The Morgan fingerprint density at radius 1 is 1.19 bits per heavy atom. The molecule has 0 aliphatic carbocycles. The highest BCUT2D eigenvalue weighted by atomic mass is 127. The molecule has 0 saturated carbocycles.